The number of carbonyl (C=O) groups is 1. The lowest BCUT2D eigenvalue weighted by atomic mass is 9.95. The quantitative estimate of drug-likeness (QED) is 0.836. The highest BCUT2D eigenvalue weighted by Gasteiger charge is 2.37. The summed E-state index contributed by atoms with van der Waals surface area (Å²) in [7, 11) is 0. The smallest absolute Gasteiger partial charge is 0.240 e. The van der Waals surface area contributed by atoms with Crippen molar-refractivity contribution in [3.8, 4) is 0 Å². The van der Waals surface area contributed by atoms with Gasteiger partial charge in [0.25, 0.3) is 0 Å². The Labute approximate surface area is 123 Å². The van der Waals surface area contributed by atoms with Gasteiger partial charge in [0.2, 0.25) is 5.91 Å². The largest absolute Gasteiger partial charge is 0.326 e. The van der Waals surface area contributed by atoms with Crippen molar-refractivity contribution in [3.63, 3.8) is 0 Å². The normalized spacial score (nSPS) is 29.6. The Bertz CT molecular complexity index is 324. The highest BCUT2D eigenvalue weighted by molar-refractivity contribution is 5.83. The van der Waals surface area contributed by atoms with Crippen LogP contribution in [0.25, 0.3) is 0 Å². The van der Waals surface area contributed by atoms with Crippen LogP contribution in [0.1, 0.15) is 47.0 Å². The number of piperidine rings is 1. The van der Waals surface area contributed by atoms with Gasteiger partial charge in [-0.25, -0.2) is 0 Å². The number of likely N-dealkylation sites (tertiary alicyclic amines) is 1. The van der Waals surface area contributed by atoms with Gasteiger partial charge >= 0.3 is 0 Å². The average Bonchev–Trinajstić information content (AvgIpc) is 2.67. The lowest BCUT2D eigenvalue weighted by molar-refractivity contribution is -0.130. The summed E-state index contributed by atoms with van der Waals surface area (Å²) in [4.78, 5) is 17.0. The van der Waals surface area contributed by atoms with E-state index in [1.807, 2.05) is 6.92 Å². The van der Waals surface area contributed by atoms with Gasteiger partial charge in [-0.1, -0.05) is 20.8 Å². The van der Waals surface area contributed by atoms with E-state index >= 15 is 0 Å². The lowest BCUT2D eigenvalue weighted by Crippen LogP contribution is -2.44. The first-order chi connectivity index (χ1) is 9.51. The molecule has 20 heavy (non-hydrogen) atoms. The van der Waals surface area contributed by atoms with Crippen LogP contribution in [0, 0.1) is 11.8 Å². The number of carbonyl (C=O) groups excluding carboxylic acids is 1. The zero-order valence-corrected chi connectivity index (χ0v) is 13.6. The second-order valence-corrected chi connectivity index (χ2v) is 6.90. The van der Waals surface area contributed by atoms with E-state index < -0.39 is 0 Å². The van der Waals surface area contributed by atoms with Gasteiger partial charge < -0.3 is 9.80 Å². The Balaban J connectivity index is 1.90. The van der Waals surface area contributed by atoms with Gasteiger partial charge in [-0.05, 0) is 57.7 Å². The fourth-order valence-corrected chi connectivity index (χ4v) is 3.47. The molecule has 0 aliphatic carbocycles. The standard InChI is InChI=1S/C16H31N3O/c1-5-18-8-6-14(7-9-18)11-19-15(10-12(2)3)17-13(4)16(19)20/h12-15,17H,5-11H2,1-4H3. The molecule has 0 radical (unpaired) electrons. The lowest BCUT2D eigenvalue weighted by Gasteiger charge is -2.35. The monoisotopic (exact) mass is 281 g/mol. The van der Waals surface area contributed by atoms with Crippen molar-refractivity contribution < 1.29 is 4.79 Å². The number of hydrogen-bond donors (Lipinski definition) is 1. The fraction of sp³-hybridized carbons (Fsp3) is 0.938. The maximum absolute atomic E-state index is 12.3. The zero-order valence-electron chi connectivity index (χ0n) is 13.6. The summed E-state index contributed by atoms with van der Waals surface area (Å²) in [5.41, 5.74) is 0. The second-order valence-electron chi connectivity index (χ2n) is 6.90. The Morgan fingerprint density at radius 3 is 2.50 bits per heavy atom. The van der Waals surface area contributed by atoms with Crippen molar-refractivity contribution in [1.29, 1.82) is 0 Å². The van der Waals surface area contributed by atoms with Crippen LogP contribution < -0.4 is 5.32 Å². The van der Waals surface area contributed by atoms with Crippen LogP contribution in [0.5, 0.6) is 0 Å². The fourth-order valence-electron chi connectivity index (χ4n) is 3.47. The third kappa shape index (κ3) is 3.73. The van der Waals surface area contributed by atoms with Gasteiger partial charge in [0.05, 0.1) is 12.2 Å². The topological polar surface area (TPSA) is 35.6 Å². The second kappa shape index (κ2) is 6.90. The molecule has 0 aromatic heterocycles. The molecule has 4 heteroatoms. The van der Waals surface area contributed by atoms with Crippen LogP contribution in [0.15, 0.2) is 0 Å². The molecule has 2 unspecified atom stereocenters. The molecule has 0 spiro atoms. The molecule has 0 aromatic rings. The number of nitrogens with zero attached hydrogens (tertiary/aromatic N) is 2. The molecule has 2 saturated heterocycles. The average molecular weight is 281 g/mol. The van der Waals surface area contributed by atoms with Gasteiger partial charge in [0.15, 0.2) is 0 Å². The molecule has 116 valence electrons. The molecule has 2 atom stereocenters. The highest BCUT2D eigenvalue weighted by Crippen LogP contribution is 2.23. The first-order valence-electron chi connectivity index (χ1n) is 8.30. The molecule has 2 aliphatic rings. The summed E-state index contributed by atoms with van der Waals surface area (Å²) >= 11 is 0. The van der Waals surface area contributed by atoms with Crippen molar-refractivity contribution in [3.05, 3.63) is 0 Å². The maximum atomic E-state index is 12.3. The number of hydrogen-bond acceptors (Lipinski definition) is 3. The molecule has 4 nitrogen and oxygen atoms in total. The Kier molecular flexibility index (Phi) is 5.44. The molecule has 2 heterocycles. The summed E-state index contributed by atoms with van der Waals surface area (Å²) in [5.74, 6) is 1.60. The molecule has 1 amide bonds. The molecule has 1 N–H and O–H groups in total. The van der Waals surface area contributed by atoms with Crippen molar-refractivity contribution in [2.75, 3.05) is 26.2 Å². The van der Waals surface area contributed by atoms with E-state index in [4.69, 9.17) is 0 Å². The van der Waals surface area contributed by atoms with Crippen molar-refractivity contribution in [2.45, 2.75) is 59.2 Å². The number of nitrogens with one attached hydrogen (secondary N) is 1. The van der Waals surface area contributed by atoms with E-state index in [0.717, 1.165) is 19.5 Å². The van der Waals surface area contributed by atoms with Crippen LogP contribution in [-0.2, 0) is 4.79 Å². The van der Waals surface area contributed by atoms with E-state index in [2.05, 4.69) is 35.9 Å². The summed E-state index contributed by atoms with van der Waals surface area (Å²) in [6.07, 6.45) is 3.78. The summed E-state index contributed by atoms with van der Waals surface area (Å²) in [6.45, 7) is 13.2. The highest BCUT2D eigenvalue weighted by atomic mass is 16.2. The SMILES string of the molecule is CCN1CCC(CN2C(=O)C(C)NC2CC(C)C)CC1. The number of rotatable bonds is 5. The minimum atomic E-state index is -0.00511. The predicted molar refractivity (Wildman–Crippen MR) is 82.4 cm³/mol. The molecule has 2 rings (SSSR count). The van der Waals surface area contributed by atoms with E-state index in [0.29, 0.717) is 17.7 Å². The number of amides is 1. The van der Waals surface area contributed by atoms with Gasteiger partial charge in [-0.15, -0.1) is 0 Å². The van der Waals surface area contributed by atoms with E-state index in [1.165, 1.54) is 25.9 Å². The summed E-state index contributed by atoms with van der Waals surface area (Å²) in [5, 5.41) is 3.46. The minimum absolute atomic E-state index is 0.00511. The van der Waals surface area contributed by atoms with Gasteiger partial charge in [0, 0.05) is 6.54 Å². The molecular formula is C16H31N3O. The minimum Gasteiger partial charge on any atom is -0.326 e. The van der Waals surface area contributed by atoms with Crippen molar-refractivity contribution in [2.24, 2.45) is 11.8 Å². The van der Waals surface area contributed by atoms with Crippen molar-refractivity contribution in [1.82, 2.24) is 15.1 Å². The van der Waals surface area contributed by atoms with Crippen LogP contribution in [0.3, 0.4) is 0 Å². The predicted octanol–water partition coefficient (Wildman–Crippen LogP) is 1.91. The first-order valence-corrected chi connectivity index (χ1v) is 8.30. The molecule has 2 aliphatic heterocycles. The third-order valence-electron chi connectivity index (χ3n) is 4.78. The van der Waals surface area contributed by atoms with Gasteiger partial charge in [-0.2, -0.15) is 0 Å². The van der Waals surface area contributed by atoms with E-state index in [9.17, 15) is 4.79 Å². The summed E-state index contributed by atoms with van der Waals surface area (Å²) < 4.78 is 0. The Hall–Kier alpha value is -0.610. The summed E-state index contributed by atoms with van der Waals surface area (Å²) in [6, 6.07) is -0.00511. The Morgan fingerprint density at radius 1 is 1.30 bits per heavy atom. The third-order valence-corrected chi connectivity index (χ3v) is 4.78. The molecule has 0 bridgehead atoms. The van der Waals surface area contributed by atoms with Crippen LogP contribution in [-0.4, -0.2) is 54.1 Å². The van der Waals surface area contributed by atoms with Crippen LogP contribution >= 0.6 is 0 Å². The molecule has 0 aromatic carbocycles. The zero-order chi connectivity index (χ0) is 14.7. The van der Waals surface area contributed by atoms with Crippen LogP contribution in [0.4, 0.5) is 0 Å². The maximum Gasteiger partial charge on any atom is 0.240 e. The van der Waals surface area contributed by atoms with Gasteiger partial charge in [-0.3, -0.25) is 10.1 Å². The molecule has 0 saturated carbocycles. The first kappa shape index (κ1) is 15.8. The van der Waals surface area contributed by atoms with Crippen molar-refractivity contribution >= 4 is 5.91 Å². The molecular weight excluding hydrogens is 250 g/mol. The van der Waals surface area contributed by atoms with Crippen LogP contribution in [0.2, 0.25) is 0 Å². The van der Waals surface area contributed by atoms with E-state index in [1.54, 1.807) is 0 Å². The van der Waals surface area contributed by atoms with E-state index in [-0.39, 0.29) is 12.2 Å². The Morgan fingerprint density at radius 2 is 1.95 bits per heavy atom. The molecule has 2 fully saturated rings. The van der Waals surface area contributed by atoms with Gasteiger partial charge in [0.1, 0.15) is 0 Å².